The molecule has 1 heterocycles. The van der Waals surface area contributed by atoms with Gasteiger partial charge in [-0.05, 0) is 39.2 Å². The number of sulfonamides is 1. The third-order valence-electron chi connectivity index (χ3n) is 4.17. The summed E-state index contributed by atoms with van der Waals surface area (Å²) in [5.74, 6) is 0.184. The standard InChI is InChI=1S/C12H24N2O2S/c1-2-17(15,16)14-11-6-9-13-12(10-11)7-4-3-5-8-12/h11,13-14H,2-10H2,1H3. The van der Waals surface area contributed by atoms with Gasteiger partial charge in [0, 0.05) is 11.6 Å². The van der Waals surface area contributed by atoms with Crippen LogP contribution in [0.2, 0.25) is 0 Å². The summed E-state index contributed by atoms with van der Waals surface area (Å²) in [6, 6.07) is 0.138. The molecule has 5 heteroatoms. The van der Waals surface area contributed by atoms with Gasteiger partial charge in [0.2, 0.25) is 10.0 Å². The first-order chi connectivity index (χ1) is 8.05. The number of rotatable bonds is 3. The minimum Gasteiger partial charge on any atom is -0.311 e. The molecule has 1 unspecified atom stereocenters. The number of nitrogens with one attached hydrogen (secondary N) is 2. The predicted octanol–water partition coefficient (Wildman–Crippen LogP) is 1.38. The minimum atomic E-state index is -3.05. The first-order valence-electron chi connectivity index (χ1n) is 6.80. The first kappa shape index (κ1) is 13.3. The third kappa shape index (κ3) is 3.42. The lowest BCUT2D eigenvalue weighted by Gasteiger charge is -2.44. The molecule has 1 spiro atoms. The minimum absolute atomic E-state index is 0.138. The van der Waals surface area contributed by atoms with Crippen molar-refractivity contribution in [2.45, 2.75) is 63.5 Å². The van der Waals surface area contributed by atoms with E-state index in [9.17, 15) is 8.42 Å². The molecule has 0 bridgehead atoms. The maximum atomic E-state index is 11.6. The molecule has 17 heavy (non-hydrogen) atoms. The van der Waals surface area contributed by atoms with Crippen molar-refractivity contribution in [2.75, 3.05) is 12.3 Å². The number of hydrogen-bond donors (Lipinski definition) is 2. The molecule has 2 aliphatic rings. The van der Waals surface area contributed by atoms with E-state index >= 15 is 0 Å². The highest BCUT2D eigenvalue weighted by molar-refractivity contribution is 7.89. The highest BCUT2D eigenvalue weighted by Crippen LogP contribution is 2.34. The summed E-state index contributed by atoms with van der Waals surface area (Å²) in [5.41, 5.74) is 0.220. The van der Waals surface area contributed by atoms with Gasteiger partial charge in [0.15, 0.2) is 0 Å². The molecule has 4 nitrogen and oxygen atoms in total. The van der Waals surface area contributed by atoms with Crippen LogP contribution in [0.15, 0.2) is 0 Å². The predicted molar refractivity (Wildman–Crippen MR) is 69.4 cm³/mol. The zero-order chi connectivity index (χ0) is 12.4. The Balaban J connectivity index is 1.97. The fourth-order valence-corrected chi connectivity index (χ4v) is 4.08. The molecule has 0 amide bonds. The molecule has 1 aliphatic carbocycles. The average Bonchev–Trinajstić information content (AvgIpc) is 2.29. The van der Waals surface area contributed by atoms with Gasteiger partial charge in [-0.1, -0.05) is 19.3 Å². The lowest BCUT2D eigenvalue weighted by Crippen LogP contribution is -2.57. The number of piperidine rings is 1. The van der Waals surface area contributed by atoms with Crippen LogP contribution in [0.4, 0.5) is 0 Å². The van der Waals surface area contributed by atoms with Crippen molar-refractivity contribution in [1.29, 1.82) is 0 Å². The topological polar surface area (TPSA) is 58.2 Å². The van der Waals surface area contributed by atoms with Crippen molar-refractivity contribution >= 4 is 10.0 Å². The van der Waals surface area contributed by atoms with E-state index in [4.69, 9.17) is 0 Å². The van der Waals surface area contributed by atoms with Gasteiger partial charge >= 0.3 is 0 Å². The average molecular weight is 260 g/mol. The molecule has 1 saturated heterocycles. The van der Waals surface area contributed by atoms with E-state index < -0.39 is 10.0 Å². The molecule has 0 aromatic rings. The highest BCUT2D eigenvalue weighted by Gasteiger charge is 2.37. The van der Waals surface area contributed by atoms with E-state index in [0.717, 1.165) is 19.4 Å². The Bertz CT molecular complexity index is 342. The molecule has 0 aromatic carbocycles. The van der Waals surface area contributed by atoms with Crippen LogP contribution in [0.25, 0.3) is 0 Å². The molecule has 1 atom stereocenters. The van der Waals surface area contributed by atoms with Crippen LogP contribution in [0.1, 0.15) is 51.9 Å². The van der Waals surface area contributed by atoms with Gasteiger partial charge in [-0.2, -0.15) is 0 Å². The van der Waals surface area contributed by atoms with Crippen LogP contribution >= 0.6 is 0 Å². The Morgan fingerprint density at radius 3 is 2.65 bits per heavy atom. The van der Waals surface area contributed by atoms with E-state index in [-0.39, 0.29) is 17.3 Å². The van der Waals surface area contributed by atoms with Crippen molar-refractivity contribution in [1.82, 2.24) is 10.0 Å². The van der Waals surface area contributed by atoms with Crippen LogP contribution in [0, 0.1) is 0 Å². The maximum Gasteiger partial charge on any atom is 0.211 e. The molecular weight excluding hydrogens is 236 g/mol. The van der Waals surface area contributed by atoms with Gasteiger partial charge in [0.05, 0.1) is 5.75 Å². The summed E-state index contributed by atoms with van der Waals surface area (Å²) in [6.45, 7) is 2.64. The second-order valence-electron chi connectivity index (χ2n) is 5.48. The molecule has 1 aliphatic heterocycles. The molecule has 1 saturated carbocycles. The second kappa shape index (κ2) is 5.24. The summed E-state index contributed by atoms with van der Waals surface area (Å²) in [4.78, 5) is 0. The van der Waals surface area contributed by atoms with Crippen LogP contribution < -0.4 is 10.0 Å². The molecule has 2 rings (SSSR count). The van der Waals surface area contributed by atoms with E-state index in [2.05, 4.69) is 10.0 Å². The van der Waals surface area contributed by atoms with Crippen molar-refractivity contribution in [3.05, 3.63) is 0 Å². The third-order valence-corrected chi connectivity index (χ3v) is 5.62. The van der Waals surface area contributed by atoms with Gasteiger partial charge in [-0.25, -0.2) is 13.1 Å². The Morgan fingerprint density at radius 1 is 1.29 bits per heavy atom. The monoisotopic (exact) mass is 260 g/mol. The van der Waals surface area contributed by atoms with E-state index in [0.29, 0.717) is 0 Å². The summed E-state index contributed by atoms with van der Waals surface area (Å²) < 4.78 is 26.1. The fourth-order valence-electron chi connectivity index (χ4n) is 3.20. The van der Waals surface area contributed by atoms with Crippen molar-refractivity contribution in [2.24, 2.45) is 0 Å². The summed E-state index contributed by atoms with van der Waals surface area (Å²) >= 11 is 0. The van der Waals surface area contributed by atoms with Crippen molar-refractivity contribution in [3.63, 3.8) is 0 Å². The van der Waals surface area contributed by atoms with Crippen LogP contribution in [0.3, 0.4) is 0 Å². The van der Waals surface area contributed by atoms with Gasteiger partial charge in [0.1, 0.15) is 0 Å². The molecule has 0 aromatic heterocycles. The fraction of sp³-hybridized carbons (Fsp3) is 1.00. The van der Waals surface area contributed by atoms with Gasteiger partial charge < -0.3 is 5.32 Å². The molecule has 2 fully saturated rings. The molecule has 0 radical (unpaired) electrons. The number of hydrogen-bond acceptors (Lipinski definition) is 3. The van der Waals surface area contributed by atoms with E-state index in [1.54, 1.807) is 6.92 Å². The Morgan fingerprint density at radius 2 is 2.00 bits per heavy atom. The lowest BCUT2D eigenvalue weighted by molar-refractivity contribution is 0.165. The Hall–Kier alpha value is -0.130. The van der Waals surface area contributed by atoms with Gasteiger partial charge in [0.25, 0.3) is 0 Å². The van der Waals surface area contributed by atoms with Gasteiger partial charge in [-0.15, -0.1) is 0 Å². The van der Waals surface area contributed by atoms with Crippen molar-refractivity contribution < 1.29 is 8.42 Å². The molecule has 100 valence electrons. The Labute approximate surface area is 105 Å². The lowest BCUT2D eigenvalue weighted by atomic mass is 9.75. The quantitative estimate of drug-likeness (QED) is 0.806. The molecule has 2 N–H and O–H groups in total. The van der Waals surface area contributed by atoms with Gasteiger partial charge in [-0.3, -0.25) is 0 Å². The Kier molecular flexibility index (Phi) is 4.10. The normalized spacial score (nSPS) is 29.4. The SMILES string of the molecule is CCS(=O)(=O)NC1CCNC2(CCCCC2)C1. The van der Waals surface area contributed by atoms with Crippen molar-refractivity contribution in [3.8, 4) is 0 Å². The molecular formula is C12H24N2O2S. The van der Waals surface area contributed by atoms with Crippen LogP contribution in [-0.2, 0) is 10.0 Å². The smallest absolute Gasteiger partial charge is 0.211 e. The van der Waals surface area contributed by atoms with E-state index in [1.807, 2.05) is 0 Å². The van der Waals surface area contributed by atoms with Crippen LogP contribution in [0.5, 0.6) is 0 Å². The van der Waals surface area contributed by atoms with Crippen LogP contribution in [-0.4, -0.2) is 32.3 Å². The van der Waals surface area contributed by atoms with E-state index in [1.165, 1.54) is 32.1 Å². The summed E-state index contributed by atoms with van der Waals surface area (Å²) in [5, 5.41) is 3.63. The first-order valence-corrected chi connectivity index (χ1v) is 8.45. The summed E-state index contributed by atoms with van der Waals surface area (Å²) in [6.07, 6.45) is 8.18. The summed E-state index contributed by atoms with van der Waals surface area (Å²) in [7, 11) is -3.05. The largest absolute Gasteiger partial charge is 0.311 e. The maximum absolute atomic E-state index is 11.6. The zero-order valence-electron chi connectivity index (χ0n) is 10.7. The highest BCUT2D eigenvalue weighted by atomic mass is 32.2. The second-order valence-corrected chi connectivity index (χ2v) is 7.52. The zero-order valence-corrected chi connectivity index (χ0v) is 11.5.